The van der Waals surface area contributed by atoms with Crippen molar-refractivity contribution in [2.24, 2.45) is 5.16 Å². The number of anilines is 1. The van der Waals surface area contributed by atoms with Crippen molar-refractivity contribution in [3.05, 3.63) is 54.1 Å². The van der Waals surface area contributed by atoms with Crippen LogP contribution in [0.3, 0.4) is 0 Å². The average molecular weight is 340 g/mol. The van der Waals surface area contributed by atoms with Crippen LogP contribution in [0.5, 0.6) is 11.5 Å². The van der Waals surface area contributed by atoms with E-state index in [0.29, 0.717) is 18.7 Å². The molecule has 0 radical (unpaired) electrons. The maximum Gasteiger partial charge on any atom is 0.268 e. The van der Waals surface area contributed by atoms with Crippen LogP contribution >= 0.6 is 0 Å². The summed E-state index contributed by atoms with van der Waals surface area (Å²) in [7, 11) is 1.62. The molecule has 0 aromatic heterocycles. The van der Waals surface area contributed by atoms with Crippen molar-refractivity contribution in [1.82, 2.24) is 0 Å². The summed E-state index contributed by atoms with van der Waals surface area (Å²) in [6.45, 7) is 2.53. The van der Waals surface area contributed by atoms with Crippen molar-refractivity contribution in [2.45, 2.75) is 19.4 Å². The van der Waals surface area contributed by atoms with Crippen LogP contribution in [-0.4, -0.2) is 31.4 Å². The number of methoxy groups -OCH3 is 1. The van der Waals surface area contributed by atoms with E-state index in [4.69, 9.17) is 14.3 Å². The lowest BCUT2D eigenvalue weighted by molar-refractivity contribution is -0.125. The molecule has 0 saturated heterocycles. The fourth-order valence-electron chi connectivity index (χ4n) is 2.50. The highest BCUT2D eigenvalue weighted by Crippen LogP contribution is 2.21. The summed E-state index contributed by atoms with van der Waals surface area (Å²) in [6, 6.07) is 14.7. The number of ether oxygens (including phenoxy) is 2. The Balaban J connectivity index is 1.57. The molecular formula is C19H20N2O4. The number of oxime groups is 1. The van der Waals surface area contributed by atoms with Gasteiger partial charge in [-0.3, -0.25) is 4.79 Å². The molecule has 1 amide bonds. The van der Waals surface area contributed by atoms with Crippen molar-refractivity contribution in [1.29, 1.82) is 0 Å². The lowest BCUT2D eigenvalue weighted by Crippen LogP contribution is -2.28. The minimum atomic E-state index is -0.635. The summed E-state index contributed by atoms with van der Waals surface area (Å²) >= 11 is 0. The van der Waals surface area contributed by atoms with Crippen LogP contribution in [0, 0.1) is 0 Å². The van der Waals surface area contributed by atoms with Crippen molar-refractivity contribution in [2.75, 3.05) is 19.0 Å². The van der Waals surface area contributed by atoms with E-state index in [1.165, 1.54) is 0 Å². The van der Waals surface area contributed by atoms with Gasteiger partial charge in [0.1, 0.15) is 11.5 Å². The third-order valence-corrected chi connectivity index (χ3v) is 3.82. The standard InChI is InChI=1S/C19H20N2O4/c1-3-24-16-10-6-14(7-11-16)20-19(22)18-12-17(21-25-18)13-4-8-15(23-2)9-5-13/h4-11,18H,3,12H2,1-2H3,(H,20,22)/t18-/m1/s1. The molecule has 0 aliphatic carbocycles. The molecule has 0 bridgehead atoms. The molecule has 1 heterocycles. The summed E-state index contributed by atoms with van der Waals surface area (Å²) in [4.78, 5) is 17.6. The largest absolute Gasteiger partial charge is 0.497 e. The Morgan fingerprint density at radius 3 is 2.48 bits per heavy atom. The van der Waals surface area contributed by atoms with Gasteiger partial charge in [-0.25, -0.2) is 0 Å². The normalized spacial score (nSPS) is 15.9. The maximum absolute atomic E-state index is 12.3. The van der Waals surface area contributed by atoms with Crippen LogP contribution in [-0.2, 0) is 9.63 Å². The molecule has 1 aliphatic rings. The first kappa shape index (κ1) is 16.8. The molecule has 2 aromatic carbocycles. The van der Waals surface area contributed by atoms with Gasteiger partial charge in [-0.05, 0) is 61.0 Å². The summed E-state index contributed by atoms with van der Waals surface area (Å²) in [5, 5.41) is 6.87. The van der Waals surface area contributed by atoms with E-state index in [9.17, 15) is 4.79 Å². The molecule has 1 aliphatic heterocycles. The smallest absolute Gasteiger partial charge is 0.268 e. The van der Waals surface area contributed by atoms with Gasteiger partial charge in [-0.15, -0.1) is 0 Å². The molecule has 130 valence electrons. The molecule has 1 atom stereocenters. The number of carbonyl (C=O) groups is 1. The van der Waals surface area contributed by atoms with E-state index in [-0.39, 0.29) is 5.91 Å². The van der Waals surface area contributed by atoms with E-state index >= 15 is 0 Å². The Morgan fingerprint density at radius 2 is 1.84 bits per heavy atom. The highest BCUT2D eigenvalue weighted by molar-refractivity contribution is 6.06. The summed E-state index contributed by atoms with van der Waals surface area (Å²) < 4.78 is 10.5. The van der Waals surface area contributed by atoms with Gasteiger partial charge in [0.05, 0.1) is 19.4 Å². The fourth-order valence-corrected chi connectivity index (χ4v) is 2.50. The first-order valence-electron chi connectivity index (χ1n) is 8.10. The summed E-state index contributed by atoms with van der Waals surface area (Å²) in [6.07, 6.45) is -0.210. The molecule has 3 rings (SSSR count). The summed E-state index contributed by atoms with van der Waals surface area (Å²) in [5.74, 6) is 1.31. The van der Waals surface area contributed by atoms with Crippen molar-refractivity contribution in [3.63, 3.8) is 0 Å². The second kappa shape index (κ2) is 7.70. The molecular weight excluding hydrogens is 320 g/mol. The molecule has 0 saturated carbocycles. The topological polar surface area (TPSA) is 69.2 Å². The number of amides is 1. The highest BCUT2D eigenvalue weighted by Gasteiger charge is 2.28. The van der Waals surface area contributed by atoms with Gasteiger partial charge in [0.15, 0.2) is 0 Å². The molecule has 0 spiro atoms. The Labute approximate surface area is 146 Å². The zero-order chi connectivity index (χ0) is 17.6. The molecule has 25 heavy (non-hydrogen) atoms. The maximum atomic E-state index is 12.3. The zero-order valence-electron chi connectivity index (χ0n) is 14.2. The van der Waals surface area contributed by atoms with Gasteiger partial charge in [-0.2, -0.15) is 0 Å². The number of hydrogen-bond acceptors (Lipinski definition) is 5. The van der Waals surface area contributed by atoms with Crippen molar-refractivity contribution < 1.29 is 19.1 Å². The predicted molar refractivity (Wildman–Crippen MR) is 95.3 cm³/mol. The Bertz CT molecular complexity index is 754. The van der Waals surface area contributed by atoms with E-state index in [1.807, 2.05) is 43.3 Å². The van der Waals surface area contributed by atoms with Crippen LogP contribution in [0.4, 0.5) is 5.69 Å². The Morgan fingerprint density at radius 1 is 1.16 bits per heavy atom. The molecule has 2 aromatic rings. The van der Waals surface area contributed by atoms with Crippen molar-refractivity contribution in [3.8, 4) is 11.5 Å². The van der Waals surface area contributed by atoms with Gasteiger partial charge >= 0.3 is 0 Å². The first-order chi connectivity index (χ1) is 12.2. The summed E-state index contributed by atoms with van der Waals surface area (Å²) in [5.41, 5.74) is 2.35. The van der Waals surface area contributed by atoms with Gasteiger partial charge in [-0.1, -0.05) is 5.16 Å². The second-order valence-electron chi connectivity index (χ2n) is 5.51. The average Bonchev–Trinajstić information content (AvgIpc) is 3.14. The zero-order valence-corrected chi connectivity index (χ0v) is 14.2. The number of nitrogens with one attached hydrogen (secondary N) is 1. The number of carbonyl (C=O) groups excluding carboxylic acids is 1. The van der Waals surface area contributed by atoms with Crippen molar-refractivity contribution >= 4 is 17.3 Å². The van der Waals surface area contributed by atoms with Gasteiger partial charge in [0, 0.05) is 12.1 Å². The molecule has 1 N–H and O–H groups in total. The lowest BCUT2D eigenvalue weighted by Gasteiger charge is -2.10. The molecule has 6 heteroatoms. The van der Waals surface area contributed by atoms with E-state index in [2.05, 4.69) is 10.5 Å². The minimum absolute atomic E-state index is 0.226. The van der Waals surface area contributed by atoms with Gasteiger partial charge < -0.3 is 19.6 Å². The lowest BCUT2D eigenvalue weighted by atomic mass is 10.0. The first-order valence-corrected chi connectivity index (χ1v) is 8.10. The van der Waals surface area contributed by atoms with Crippen LogP contribution in [0.2, 0.25) is 0 Å². The quantitative estimate of drug-likeness (QED) is 0.876. The van der Waals surface area contributed by atoms with Gasteiger partial charge in [0.25, 0.3) is 5.91 Å². The predicted octanol–water partition coefficient (Wildman–Crippen LogP) is 3.23. The SMILES string of the molecule is CCOc1ccc(NC(=O)[C@H]2CC(c3ccc(OC)cc3)=NO2)cc1. The number of hydrogen-bond donors (Lipinski definition) is 1. The van der Waals surface area contributed by atoms with Crippen LogP contribution < -0.4 is 14.8 Å². The monoisotopic (exact) mass is 340 g/mol. The Hall–Kier alpha value is -3.02. The third kappa shape index (κ3) is 4.09. The third-order valence-electron chi connectivity index (χ3n) is 3.82. The molecule has 6 nitrogen and oxygen atoms in total. The number of nitrogens with zero attached hydrogens (tertiary/aromatic N) is 1. The van der Waals surface area contributed by atoms with E-state index in [1.54, 1.807) is 19.2 Å². The van der Waals surface area contributed by atoms with Crippen LogP contribution in [0.25, 0.3) is 0 Å². The second-order valence-corrected chi connectivity index (χ2v) is 5.51. The van der Waals surface area contributed by atoms with Crippen LogP contribution in [0.15, 0.2) is 53.7 Å². The number of rotatable bonds is 6. The Kier molecular flexibility index (Phi) is 5.18. The minimum Gasteiger partial charge on any atom is -0.497 e. The van der Waals surface area contributed by atoms with E-state index in [0.717, 1.165) is 22.8 Å². The number of benzene rings is 2. The van der Waals surface area contributed by atoms with E-state index < -0.39 is 6.10 Å². The fraction of sp³-hybridized carbons (Fsp3) is 0.263. The molecule has 0 unspecified atom stereocenters. The molecule has 0 fully saturated rings. The van der Waals surface area contributed by atoms with Crippen LogP contribution in [0.1, 0.15) is 18.9 Å². The van der Waals surface area contributed by atoms with Gasteiger partial charge in [0.2, 0.25) is 6.10 Å². The highest BCUT2D eigenvalue weighted by atomic mass is 16.6.